The molecule has 18 heavy (non-hydrogen) atoms. The number of non-ortho nitro benzene ring substituents is 1. The van der Waals surface area contributed by atoms with Crippen LogP contribution in [0.15, 0.2) is 53.5 Å². The van der Waals surface area contributed by atoms with Crippen molar-refractivity contribution in [1.82, 2.24) is 0 Å². The van der Waals surface area contributed by atoms with Crippen molar-refractivity contribution in [2.75, 3.05) is 0 Å². The number of phenolic OH excluding ortho intramolecular Hbond substituents is 1. The highest BCUT2D eigenvalue weighted by atomic mass is 16.6. The Morgan fingerprint density at radius 2 is 1.89 bits per heavy atom. The lowest BCUT2D eigenvalue weighted by molar-refractivity contribution is -0.384. The van der Waals surface area contributed by atoms with Crippen molar-refractivity contribution in [3.8, 4) is 5.75 Å². The summed E-state index contributed by atoms with van der Waals surface area (Å²) in [5.74, 6) is 0.147. The standard InChI is InChI=1S/C13H10N2O3/c16-13-3-1-2-11(8-13)14-9-10-4-6-12(7-5-10)15(17)18/h1-9,16H. The Balaban J connectivity index is 2.16. The minimum absolute atomic E-state index is 0.0458. The van der Waals surface area contributed by atoms with Crippen molar-refractivity contribution < 1.29 is 10.0 Å². The zero-order valence-corrected chi connectivity index (χ0v) is 9.35. The molecule has 0 aliphatic rings. The van der Waals surface area contributed by atoms with Crippen LogP contribution < -0.4 is 0 Å². The van der Waals surface area contributed by atoms with E-state index in [-0.39, 0.29) is 11.4 Å². The number of hydrogen-bond donors (Lipinski definition) is 1. The second-order valence-corrected chi connectivity index (χ2v) is 3.63. The normalized spacial score (nSPS) is 10.7. The number of aromatic hydroxyl groups is 1. The van der Waals surface area contributed by atoms with E-state index in [2.05, 4.69) is 4.99 Å². The van der Waals surface area contributed by atoms with Crippen molar-refractivity contribution in [2.45, 2.75) is 0 Å². The van der Waals surface area contributed by atoms with Crippen molar-refractivity contribution in [2.24, 2.45) is 4.99 Å². The van der Waals surface area contributed by atoms with Crippen LogP contribution in [0.25, 0.3) is 0 Å². The second kappa shape index (κ2) is 5.09. The van der Waals surface area contributed by atoms with Crippen LogP contribution in [0.1, 0.15) is 5.56 Å². The highest BCUT2D eigenvalue weighted by Crippen LogP contribution is 2.18. The summed E-state index contributed by atoms with van der Waals surface area (Å²) in [6.07, 6.45) is 1.58. The summed E-state index contributed by atoms with van der Waals surface area (Å²) in [6.45, 7) is 0. The molecular weight excluding hydrogens is 232 g/mol. The molecule has 0 unspecified atom stereocenters. The van der Waals surface area contributed by atoms with Gasteiger partial charge in [-0.2, -0.15) is 0 Å². The van der Waals surface area contributed by atoms with Gasteiger partial charge in [-0.1, -0.05) is 6.07 Å². The first-order valence-electron chi connectivity index (χ1n) is 5.23. The van der Waals surface area contributed by atoms with E-state index in [1.807, 2.05) is 0 Å². The number of aliphatic imine (C=N–C) groups is 1. The largest absolute Gasteiger partial charge is 0.508 e. The SMILES string of the molecule is O=[N+]([O-])c1ccc(C=Nc2cccc(O)c2)cc1. The number of phenols is 1. The predicted molar refractivity (Wildman–Crippen MR) is 68.5 cm³/mol. The molecule has 0 radical (unpaired) electrons. The van der Waals surface area contributed by atoms with Gasteiger partial charge in [-0.15, -0.1) is 0 Å². The Morgan fingerprint density at radius 1 is 1.17 bits per heavy atom. The molecule has 0 saturated heterocycles. The van der Waals surface area contributed by atoms with Gasteiger partial charge in [0.15, 0.2) is 0 Å². The van der Waals surface area contributed by atoms with Crippen LogP contribution in [-0.2, 0) is 0 Å². The van der Waals surface area contributed by atoms with Gasteiger partial charge in [0.2, 0.25) is 0 Å². The number of nitro groups is 1. The summed E-state index contributed by atoms with van der Waals surface area (Å²) in [6, 6.07) is 12.6. The molecule has 90 valence electrons. The maximum atomic E-state index is 10.5. The molecule has 0 aliphatic heterocycles. The molecule has 2 aromatic rings. The monoisotopic (exact) mass is 242 g/mol. The molecule has 0 spiro atoms. The Bertz CT molecular complexity index is 591. The van der Waals surface area contributed by atoms with Crippen LogP contribution in [-0.4, -0.2) is 16.2 Å². The van der Waals surface area contributed by atoms with Crippen molar-refractivity contribution in [1.29, 1.82) is 0 Å². The third-order valence-electron chi connectivity index (χ3n) is 2.30. The Morgan fingerprint density at radius 3 is 2.50 bits per heavy atom. The van der Waals surface area contributed by atoms with Gasteiger partial charge in [0.1, 0.15) is 5.75 Å². The molecule has 0 aromatic heterocycles. The smallest absolute Gasteiger partial charge is 0.269 e. The molecule has 0 heterocycles. The lowest BCUT2D eigenvalue weighted by Gasteiger charge is -1.95. The van der Waals surface area contributed by atoms with E-state index < -0.39 is 4.92 Å². The van der Waals surface area contributed by atoms with Gasteiger partial charge in [0.25, 0.3) is 5.69 Å². The van der Waals surface area contributed by atoms with Gasteiger partial charge in [-0.25, -0.2) is 0 Å². The summed E-state index contributed by atoms with van der Waals surface area (Å²) in [7, 11) is 0. The first kappa shape index (κ1) is 11.8. The van der Waals surface area contributed by atoms with Crippen LogP contribution in [0.2, 0.25) is 0 Å². The van der Waals surface area contributed by atoms with Crippen molar-refractivity contribution in [3.05, 3.63) is 64.2 Å². The van der Waals surface area contributed by atoms with Gasteiger partial charge in [-0.05, 0) is 29.8 Å². The number of nitro benzene ring substituents is 1. The second-order valence-electron chi connectivity index (χ2n) is 3.63. The van der Waals surface area contributed by atoms with Crippen molar-refractivity contribution in [3.63, 3.8) is 0 Å². The number of nitrogens with zero attached hydrogens (tertiary/aromatic N) is 2. The van der Waals surface area contributed by atoms with Gasteiger partial charge in [0, 0.05) is 24.4 Å². The molecule has 0 aliphatic carbocycles. The lowest BCUT2D eigenvalue weighted by atomic mass is 10.2. The molecule has 0 atom stereocenters. The average Bonchev–Trinajstić information content (AvgIpc) is 2.37. The van der Waals surface area contributed by atoms with Crippen LogP contribution in [0.5, 0.6) is 5.75 Å². The fraction of sp³-hybridized carbons (Fsp3) is 0. The summed E-state index contributed by atoms with van der Waals surface area (Å²) in [5, 5.41) is 19.7. The molecule has 0 saturated carbocycles. The van der Waals surface area contributed by atoms with Gasteiger partial charge >= 0.3 is 0 Å². The number of hydrogen-bond acceptors (Lipinski definition) is 4. The molecule has 0 fully saturated rings. The summed E-state index contributed by atoms with van der Waals surface area (Å²) in [4.78, 5) is 14.2. The molecular formula is C13H10N2O3. The minimum Gasteiger partial charge on any atom is -0.508 e. The van der Waals surface area contributed by atoms with E-state index >= 15 is 0 Å². The maximum Gasteiger partial charge on any atom is 0.269 e. The zero-order chi connectivity index (χ0) is 13.0. The van der Waals surface area contributed by atoms with E-state index in [1.165, 1.54) is 18.2 Å². The van der Waals surface area contributed by atoms with Gasteiger partial charge in [0.05, 0.1) is 10.6 Å². The first-order chi connectivity index (χ1) is 8.65. The van der Waals surface area contributed by atoms with Crippen LogP contribution in [0, 0.1) is 10.1 Å². The number of benzene rings is 2. The fourth-order valence-corrected chi connectivity index (χ4v) is 1.40. The first-order valence-corrected chi connectivity index (χ1v) is 5.23. The topological polar surface area (TPSA) is 75.7 Å². The molecule has 5 heteroatoms. The average molecular weight is 242 g/mol. The van der Waals surface area contributed by atoms with E-state index in [9.17, 15) is 15.2 Å². The van der Waals surface area contributed by atoms with E-state index in [4.69, 9.17) is 0 Å². The predicted octanol–water partition coefficient (Wildman–Crippen LogP) is 3.05. The van der Waals surface area contributed by atoms with Gasteiger partial charge in [-0.3, -0.25) is 15.1 Å². The highest BCUT2D eigenvalue weighted by molar-refractivity contribution is 5.82. The Hall–Kier alpha value is -2.69. The molecule has 2 aromatic carbocycles. The van der Waals surface area contributed by atoms with E-state index in [0.717, 1.165) is 5.56 Å². The van der Waals surface area contributed by atoms with Gasteiger partial charge < -0.3 is 5.11 Å². The van der Waals surface area contributed by atoms with Crippen LogP contribution in [0.3, 0.4) is 0 Å². The Labute approximate surface area is 103 Å². The molecule has 0 amide bonds. The Kier molecular flexibility index (Phi) is 3.33. The van der Waals surface area contributed by atoms with Crippen molar-refractivity contribution >= 4 is 17.6 Å². The zero-order valence-electron chi connectivity index (χ0n) is 9.35. The van der Waals surface area contributed by atoms with Crippen LogP contribution in [0.4, 0.5) is 11.4 Å². The molecule has 1 N–H and O–H groups in total. The maximum absolute atomic E-state index is 10.5. The van der Waals surface area contributed by atoms with Crippen LogP contribution >= 0.6 is 0 Å². The number of rotatable bonds is 3. The van der Waals surface area contributed by atoms with E-state index in [0.29, 0.717) is 5.69 Å². The summed E-state index contributed by atoms with van der Waals surface area (Å²) in [5.41, 5.74) is 1.42. The summed E-state index contributed by atoms with van der Waals surface area (Å²) < 4.78 is 0. The summed E-state index contributed by atoms with van der Waals surface area (Å²) >= 11 is 0. The third kappa shape index (κ3) is 2.91. The minimum atomic E-state index is -0.448. The quantitative estimate of drug-likeness (QED) is 0.510. The fourth-order valence-electron chi connectivity index (χ4n) is 1.40. The van der Waals surface area contributed by atoms with E-state index in [1.54, 1.807) is 36.5 Å². The third-order valence-corrected chi connectivity index (χ3v) is 2.30. The highest BCUT2D eigenvalue weighted by Gasteiger charge is 2.02. The molecule has 0 bridgehead atoms. The lowest BCUT2D eigenvalue weighted by Crippen LogP contribution is -1.88. The molecule has 5 nitrogen and oxygen atoms in total. The molecule has 2 rings (SSSR count).